The van der Waals surface area contributed by atoms with Crippen molar-refractivity contribution in [2.75, 3.05) is 18.9 Å². The largest absolute Gasteiger partial charge is 0.325 e. The Morgan fingerprint density at radius 1 is 1.19 bits per heavy atom. The minimum Gasteiger partial charge on any atom is -0.325 e. The highest BCUT2D eigenvalue weighted by Gasteiger charge is 2.13. The summed E-state index contributed by atoms with van der Waals surface area (Å²) in [6, 6.07) is 13.4. The normalized spacial score (nSPS) is 13.1. The van der Waals surface area contributed by atoms with Gasteiger partial charge < -0.3 is 10.3 Å². The molecular formula is C21H22N4O2. The van der Waals surface area contributed by atoms with Crippen LogP contribution in [-0.2, 0) is 24.2 Å². The van der Waals surface area contributed by atoms with Gasteiger partial charge in [-0.15, -0.1) is 0 Å². The number of aromatic amines is 1. The molecule has 1 aliphatic carbocycles. The Kier molecular flexibility index (Phi) is 4.73. The lowest BCUT2D eigenvalue weighted by Crippen LogP contribution is -2.31. The number of carbonyl (C=O) groups is 1. The van der Waals surface area contributed by atoms with Crippen LogP contribution in [0.25, 0.3) is 10.9 Å². The fraction of sp³-hybridized carbons (Fsp3) is 0.286. The second-order valence-corrected chi connectivity index (χ2v) is 7.09. The summed E-state index contributed by atoms with van der Waals surface area (Å²) in [6.45, 7) is 0.602. The maximum absolute atomic E-state index is 12.3. The van der Waals surface area contributed by atoms with Gasteiger partial charge in [0.1, 0.15) is 5.82 Å². The van der Waals surface area contributed by atoms with Crippen molar-refractivity contribution in [2.45, 2.75) is 25.8 Å². The van der Waals surface area contributed by atoms with Crippen LogP contribution in [0.15, 0.2) is 47.3 Å². The van der Waals surface area contributed by atoms with E-state index in [9.17, 15) is 9.59 Å². The lowest BCUT2D eigenvalue weighted by Gasteiger charge is -2.16. The molecule has 0 atom stereocenters. The van der Waals surface area contributed by atoms with Crippen molar-refractivity contribution >= 4 is 22.5 Å². The van der Waals surface area contributed by atoms with E-state index in [2.05, 4.69) is 27.4 Å². The number of para-hydroxylation sites is 1. The van der Waals surface area contributed by atoms with Crippen molar-refractivity contribution in [2.24, 2.45) is 0 Å². The summed E-state index contributed by atoms with van der Waals surface area (Å²) in [4.78, 5) is 33.6. The first-order chi connectivity index (χ1) is 13.1. The van der Waals surface area contributed by atoms with Crippen LogP contribution in [0.4, 0.5) is 5.69 Å². The predicted molar refractivity (Wildman–Crippen MR) is 106 cm³/mol. The summed E-state index contributed by atoms with van der Waals surface area (Å²) in [7, 11) is 1.83. The summed E-state index contributed by atoms with van der Waals surface area (Å²) in [5.74, 6) is 0.463. The predicted octanol–water partition coefficient (Wildman–Crippen LogP) is 2.48. The zero-order valence-electron chi connectivity index (χ0n) is 15.3. The second-order valence-electron chi connectivity index (χ2n) is 7.09. The number of nitrogens with zero attached hydrogens (tertiary/aromatic N) is 2. The first kappa shape index (κ1) is 17.4. The van der Waals surface area contributed by atoms with Crippen LogP contribution in [0.2, 0.25) is 0 Å². The number of amides is 1. The maximum atomic E-state index is 12.3. The number of aryl methyl sites for hydroxylation is 2. The Morgan fingerprint density at radius 2 is 2.00 bits per heavy atom. The third-order valence-corrected chi connectivity index (χ3v) is 4.88. The Bertz CT molecular complexity index is 1060. The number of hydrogen-bond donors (Lipinski definition) is 2. The number of rotatable bonds is 5. The number of anilines is 1. The van der Waals surface area contributed by atoms with Crippen molar-refractivity contribution < 1.29 is 4.79 Å². The zero-order chi connectivity index (χ0) is 18.8. The molecule has 6 heteroatoms. The van der Waals surface area contributed by atoms with E-state index in [4.69, 9.17) is 0 Å². The second kappa shape index (κ2) is 7.32. The van der Waals surface area contributed by atoms with Crippen LogP contribution >= 0.6 is 0 Å². The molecule has 1 aliphatic rings. The lowest BCUT2D eigenvalue weighted by molar-refractivity contribution is -0.117. The highest BCUT2D eigenvalue weighted by atomic mass is 16.2. The minimum absolute atomic E-state index is 0.0846. The summed E-state index contributed by atoms with van der Waals surface area (Å²) in [5.41, 5.74) is 4.06. The van der Waals surface area contributed by atoms with E-state index >= 15 is 0 Å². The molecule has 0 saturated carbocycles. The number of hydrogen-bond acceptors (Lipinski definition) is 4. The van der Waals surface area contributed by atoms with Crippen LogP contribution < -0.4 is 10.9 Å². The molecule has 6 nitrogen and oxygen atoms in total. The number of H-pyrrole nitrogens is 1. The molecule has 0 saturated heterocycles. The summed E-state index contributed by atoms with van der Waals surface area (Å²) in [6.07, 6.45) is 3.40. The third-order valence-electron chi connectivity index (χ3n) is 4.88. The summed E-state index contributed by atoms with van der Waals surface area (Å²) < 4.78 is 0. The van der Waals surface area contributed by atoms with E-state index in [1.165, 1.54) is 17.5 Å². The molecule has 138 valence electrons. The standard InChI is InChI=1S/C21H22N4O2/c1-25(12-19-23-18-8-3-2-7-17(18)21(27)24-19)13-20(26)22-16-10-9-14-5-4-6-15(14)11-16/h2-3,7-11H,4-6,12-13H2,1H3,(H,22,26)(H,23,24,27). The van der Waals surface area contributed by atoms with Gasteiger partial charge >= 0.3 is 0 Å². The number of likely N-dealkylation sites (N-methyl/N-ethyl adjacent to an activating group) is 1. The average molecular weight is 362 g/mol. The van der Waals surface area contributed by atoms with Crippen molar-refractivity contribution in [1.29, 1.82) is 0 Å². The maximum Gasteiger partial charge on any atom is 0.258 e. The fourth-order valence-electron chi connectivity index (χ4n) is 3.62. The van der Waals surface area contributed by atoms with Crippen LogP contribution in [0.3, 0.4) is 0 Å². The van der Waals surface area contributed by atoms with Gasteiger partial charge in [0.15, 0.2) is 0 Å². The molecule has 0 radical (unpaired) electrons. The molecule has 0 bridgehead atoms. The van der Waals surface area contributed by atoms with Gasteiger partial charge in [0.2, 0.25) is 5.91 Å². The van der Waals surface area contributed by atoms with Crippen molar-refractivity contribution in [3.8, 4) is 0 Å². The van der Waals surface area contributed by atoms with Crippen molar-refractivity contribution in [1.82, 2.24) is 14.9 Å². The van der Waals surface area contributed by atoms with Gasteiger partial charge in [-0.1, -0.05) is 18.2 Å². The SMILES string of the molecule is CN(CC(=O)Nc1ccc2c(c1)CCC2)Cc1nc2ccccc2c(=O)[nH]1. The minimum atomic E-state index is -0.161. The average Bonchev–Trinajstić information content (AvgIpc) is 3.09. The molecule has 4 rings (SSSR count). The molecule has 0 fully saturated rings. The van der Waals surface area contributed by atoms with Crippen LogP contribution in [0.1, 0.15) is 23.4 Å². The Balaban J connectivity index is 1.39. The van der Waals surface area contributed by atoms with E-state index in [-0.39, 0.29) is 18.0 Å². The molecule has 0 spiro atoms. The molecule has 0 unspecified atom stereocenters. The monoisotopic (exact) mass is 362 g/mol. The number of carbonyl (C=O) groups excluding carboxylic acids is 1. The fourth-order valence-corrected chi connectivity index (χ4v) is 3.62. The van der Waals surface area contributed by atoms with E-state index in [1.54, 1.807) is 6.07 Å². The summed E-state index contributed by atoms with van der Waals surface area (Å²) >= 11 is 0. The molecular weight excluding hydrogens is 340 g/mol. The molecule has 1 amide bonds. The van der Waals surface area contributed by atoms with Gasteiger partial charge in [-0.3, -0.25) is 14.5 Å². The van der Waals surface area contributed by atoms with Gasteiger partial charge in [0.25, 0.3) is 5.56 Å². The number of benzene rings is 2. The van der Waals surface area contributed by atoms with Crippen LogP contribution in [0, 0.1) is 0 Å². The molecule has 2 aromatic carbocycles. The molecule has 2 N–H and O–H groups in total. The van der Waals surface area contributed by atoms with Gasteiger partial charge in [-0.2, -0.15) is 0 Å². The first-order valence-electron chi connectivity index (χ1n) is 9.16. The van der Waals surface area contributed by atoms with Crippen molar-refractivity contribution in [3.63, 3.8) is 0 Å². The quantitative estimate of drug-likeness (QED) is 0.731. The van der Waals surface area contributed by atoms with E-state index in [0.717, 1.165) is 18.5 Å². The smallest absolute Gasteiger partial charge is 0.258 e. The molecule has 27 heavy (non-hydrogen) atoms. The Morgan fingerprint density at radius 3 is 2.89 bits per heavy atom. The van der Waals surface area contributed by atoms with E-state index < -0.39 is 0 Å². The topological polar surface area (TPSA) is 78.1 Å². The Labute approximate surface area is 157 Å². The molecule has 3 aromatic rings. The first-order valence-corrected chi connectivity index (χ1v) is 9.16. The number of aromatic nitrogens is 2. The molecule has 1 aromatic heterocycles. The highest BCUT2D eigenvalue weighted by Crippen LogP contribution is 2.24. The Hall–Kier alpha value is -2.99. The third kappa shape index (κ3) is 3.90. The van der Waals surface area contributed by atoms with Crippen LogP contribution in [0.5, 0.6) is 0 Å². The summed E-state index contributed by atoms with van der Waals surface area (Å²) in [5, 5.41) is 3.52. The van der Waals surface area contributed by atoms with Gasteiger partial charge in [-0.05, 0) is 61.7 Å². The highest BCUT2D eigenvalue weighted by molar-refractivity contribution is 5.92. The lowest BCUT2D eigenvalue weighted by atomic mass is 10.1. The van der Waals surface area contributed by atoms with Gasteiger partial charge in [0, 0.05) is 5.69 Å². The van der Waals surface area contributed by atoms with Crippen molar-refractivity contribution in [3.05, 3.63) is 69.8 Å². The van der Waals surface area contributed by atoms with Gasteiger partial charge in [-0.25, -0.2) is 4.98 Å². The number of nitrogens with one attached hydrogen (secondary N) is 2. The zero-order valence-corrected chi connectivity index (χ0v) is 15.3. The number of fused-ring (bicyclic) bond motifs is 2. The van der Waals surface area contributed by atoms with Crippen LogP contribution in [-0.4, -0.2) is 34.4 Å². The van der Waals surface area contributed by atoms with E-state index in [0.29, 0.717) is 23.3 Å². The van der Waals surface area contributed by atoms with E-state index in [1.807, 2.05) is 36.2 Å². The molecule has 1 heterocycles. The van der Waals surface area contributed by atoms with Gasteiger partial charge in [0.05, 0.1) is 24.0 Å². The molecule has 0 aliphatic heterocycles.